The summed E-state index contributed by atoms with van der Waals surface area (Å²) in [4.78, 5) is 12.6. The fourth-order valence-corrected chi connectivity index (χ4v) is 3.46. The minimum atomic E-state index is -0.224. The minimum Gasteiger partial charge on any atom is -0.457 e. The van der Waals surface area contributed by atoms with Crippen molar-refractivity contribution in [2.45, 2.75) is 12.8 Å². The van der Waals surface area contributed by atoms with Gasteiger partial charge in [-0.3, -0.25) is 4.79 Å². The Hall–Kier alpha value is -4.13. The predicted octanol–water partition coefficient (Wildman–Crippen LogP) is 5.59. The van der Waals surface area contributed by atoms with Gasteiger partial charge in [0, 0.05) is 24.5 Å². The van der Waals surface area contributed by atoms with Crippen molar-refractivity contribution in [1.82, 2.24) is 0 Å². The van der Waals surface area contributed by atoms with E-state index in [0.29, 0.717) is 47.1 Å². The molecule has 0 aliphatic heterocycles. The predicted molar refractivity (Wildman–Crippen MR) is 135 cm³/mol. The molecule has 0 heterocycles. The number of aliphatic hydroxyl groups is 2. The van der Waals surface area contributed by atoms with E-state index < -0.39 is 0 Å². The molecule has 4 aromatic carbocycles. The molecule has 0 fully saturated rings. The van der Waals surface area contributed by atoms with E-state index in [9.17, 15) is 4.79 Å². The molecule has 0 aliphatic rings. The van der Waals surface area contributed by atoms with Gasteiger partial charge in [0.25, 0.3) is 5.91 Å². The fraction of sp³-hybridized carbons (Fsp3) is 0.138. The Labute approximate surface area is 204 Å². The molecule has 6 heteroatoms. The van der Waals surface area contributed by atoms with Gasteiger partial charge in [-0.05, 0) is 96.8 Å². The SMILES string of the molecule is O=C(Nc1ccc(Oc2ccc(CCO)cc2)cc1)c1ccc(Oc2ccc(CCO)cc2)cc1. The van der Waals surface area contributed by atoms with E-state index in [0.717, 1.165) is 11.1 Å². The summed E-state index contributed by atoms with van der Waals surface area (Å²) in [6.07, 6.45) is 1.23. The molecule has 0 aromatic heterocycles. The average Bonchev–Trinajstić information content (AvgIpc) is 2.88. The molecule has 0 bridgehead atoms. The van der Waals surface area contributed by atoms with E-state index in [4.69, 9.17) is 19.7 Å². The second-order valence-corrected chi connectivity index (χ2v) is 7.94. The van der Waals surface area contributed by atoms with Gasteiger partial charge in [0.1, 0.15) is 23.0 Å². The summed E-state index contributed by atoms with van der Waals surface area (Å²) in [5.41, 5.74) is 3.26. The number of carbonyl (C=O) groups excluding carboxylic acids is 1. The summed E-state index contributed by atoms with van der Waals surface area (Å²) in [6.45, 7) is 0.231. The van der Waals surface area contributed by atoms with Crippen LogP contribution < -0.4 is 14.8 Å². The number of carbonyl (C=O) groups is 1. The molecule has 4 rings (SSSR count). The maximum Gasteiger partial charge on any atom is 0.255 e. The quantitative estimate of drug-likeness (QED) is 0.282. The van der Waals surface area contributed by atoms with E-state index in [1.165, 1.54) is 0 Å². The van der Waals surface area contributed by atoms with Crippen LogP contribution in [-0.4, -0.2) is 29.3 Å². The number of nitrogens with one attached hydrogen (secondary N) is 1. The zero-order chi connectivity index (χ0) is 24.5. The Bertz CT molecular complexity index is 1220. The standard InChI is InChI=1S/C29H27NO5/c31-19-17-21-1-9-25(10-2-21)34-27-13-5-23(6-14-27)29(33)30-24-7-15-28(16-8-24)35-26-11-3-22(4-12-26)18-20-32/h1-16,31-32H,17-20H2,(H,30,33). The average molecular weight is 470 g/mol. The number of ether oxygens (including phenoxy) is 2. The molecule has 4 aromatic rings. The maximum atomic E-state index is 12.6. The van der Waals surface area contributed by atoms with E-state index in [1.807, 2.05) is 48.5 Å². The van der Waals surface area contributed by atoms with Gasteiger partial charge in [-0.1, -0.05) is 24.3 Å². The summed E-state index contributed by atoms with van der Waals surface area (Å²) in [7, 11) is 0. The molecule has 35 heavy (non-hydrogen) atoms. The molecule has 0 spiro atoms. The van der Waals surface area contributed by atoms with Crippen molar-refractivity contribution in [3.05, 3.63) is 114 Å². The van der Waals surface area contributed by atoms with Crippen molar-refractivity contribution in [3.8, 4) is 23.0 Å². The van der Waals surface area contributed by atoms with Crippen LogP contribution in [0.15, 0.2) is 97.1 Å². The van der Waals surface area contributed by atoms with Gasteiger partial charge >= 0.3 is 0 Å². The summed E-state index contributed by atoms with van der Waals surface area (Å²) in [5, 5.41) is 20.9. The van der Waals surface area contributed by atoms with Gasteiger partial charge in [0.15, 0.2) is 0 Å². The van der Waals surface area contributed by atoms with Crippen LogP contribution in [0.4, 0.5) is 5.69 Å². The lowest BCUT2D eigenvalue weighted by molar-refractivity contribution is 0.102. The topological polar surface area (TPSA) is 88.0 Å². The molecule has 178 valence electrons. The van der Waals surface area contributed by atoms with Crippen molar-refractivity contribution >= 4 is 11.6 Å². The van der Waals surface area contributed by atoms with E-state index in [2.05, 4.69) is 5.32 Å². The number of benzene rings is 4. The summed E-state index contributed by atoms with van der Waals surface area (Å²) < 4.78 is 11.7. The van der Waals surface area contributed by atoms with E-state index in [1.54, 1.807) is 48.5 Å². The van der Waals surface area contributed by atoms with Gasteiger partial charge in [-0.25, -0.2) is 0 Å². The number of anilines is 1. The highest BCUT2D eigenvalue weighted by molar-refractivity contribution is 6.04. The highest BCUT2D eigenvalue weighted by Crippen LogP contribution is 2.25. The van der Waals surface area contributed by atoms with Crippen LogP contribution in [0.1, 0.15) is 21.5 Å². The lowest BCUT2D eigenvalue weighted by atomic mass is 10.1. The monoisotopic (exact) mass is 469 g/mol. The minimum absolute atomic E-state index is 0.114. The van der Waals surface area contributed by atoms with Crippen LogP contribution in [-0.2, 0) is 12.8 Å². The van der Waals surface area contributed by atoms with Crippen LogP contribution in [0.3, 0.4) is 0 Å². The van der Waals surface area contributed by atoms with Gasteiger partial charge < -0.3 is 25.0 Å². The molecule has 0 atom stereocenters. The van der Waals surface area contributed by atoms with Crippen molar-refractivity contribution in [1.29, 1.82) is 0 Å². The first-order chi connectivity index (χ1) is 17.1. The van der Waals surface area contributed by atoms with Crippen molar-refractivity contribution in [2.75, 3.05) is 18.5 Å². The van der Waals surface area contributed by atoms with Crippen LogP contribution in [0.25, 0.3) is 0 Å². The second kappa shape index (κ2) is 11.8. The number of hydrogen-bond donors (Lipinski definition) is 3. The lowest BCUT2D eigenvalue weighted by Gasteiger charge is -2.10. The number of amides is 1. The normalized spacial score (nSPS) is 10.6. The number of aliphatic hydroxyl groups excluding tert-OH is 2. The molecule has 3 N–H and O–H groups in total. The van der Waals surface area contributed by atoms with Crippen LogP contribution in [0.2, 0.25) is 0 Å². The largest absolute Gasteiger partial charge is 0.457 e. The number of hydrogen-bond acceptors (Lipinski definition) is 5. The smallest absolute Gasteiger partial charge is 0.255 e. The Morgan fingerprint density at radius 3 is 1.34 bits per heavy atom. The molecule has 6 nitrogen and oxygen atoms in total. The van der Waals surface area contributed by atoms with Gasteiger partial charge in [-0.2, -0.15) is 0 Å². The molecule has 0 saturated heterocycles. The summed E-state index contributed by atoms with van der Waals surface area (Å²) in [5.74, 6) is 2.45. The molecule has 0 aliphatic carbocycles. The first-order valence-electron chi connectivity index (χ1n) is 11.4. The zero-order valence-electron chi connectivity index (χ0n) is 19.2. The Balaban J connectivity index is 1.31. The van der Waals surface area contributed by atoms with E-state index >= 15 is 0 Å². The Morgan fingerprint density at radius 2 is 0.943 bits per heavy atom. The Kier molecular flexibility index (Phi) is 8.12. The van der Waals surface area contributed by atoms with Crippen molar-refractivity contribution in [2.24, 2.45) is 0 Å². The van der Waals surface area contributed by atoms with Gasteiger partial charge in [-0.15, -0.1) is 0 Å². The summed E-state index contributed by atoms with van der Waals surface area (Å²) in [6, 6.07) is 29.2. The molecule has 0 radical (unpaired) electrons. The summed E-state index contributed by atoms with van der Waals surface area (Å²) >= 11 is 0. The van der Waals surface area contributed by atoms with Crippen molar-refractivity contribution < 1.29 is 24.5 Å². The van der Waals surface area contributed by atoms with Crippen molar-refractivity contribution in [3.63, 3.8) is 0 Å². The third-order valence-corrected chi connectivity index (χ3v) is 5.35. The molecule has 0 saturated carbocycles. The Morgan fingerprint density at radius 1 is 0.571 bits per heavy atom. The van der Waals surface area contributed by atoms with Crippen LogP contribution in [0.5, 0.6) is 23.0 Å². The first-order valence-corrected chi connectivity index (χ1v) is 11.4. The highest BCUT2D eigenvalue weighted by Gasteiger charge is 2.08. The third-order valence-electron chi connectivity index (χ3n) is 5.35. The van der Waals surface area contributed by atoms with Gasteiger partial charge in [0.05, 0.1) is 0 Å². The third kappa shape index (κ3) is 6.93. The lowest BCUT2D eigenvalue weighted by Crippen LogP contribution is -2.11. The molecule has 0 unspecified atom stereocenters. The molecular weight excluding hydrogens is 442 g/mol. The zero-order valence-corrected chi connectivity index (χ0v) is 19.2. The first kappa shape index (κ1) is 24.0. The second-order valence-electron chi connectivity index (χ2n) is 7.94. The number of rotatable bonds is 10. The fourth-order valence-electron chi connectivity index (χ4n) is 3.46. The molecule has 1 amide bonds. The van der Waals surface area contributed by atoms with Crippen LogP contribution >= 0.6 is 0 Å². The maximum absolute atomic E-state index is 12.6. The van der Waals surface area contributed by atoms with E-state index in [-0.39, 0.29) is 19.1 Å². The van der Waals surface area contributed by atoms with Gasteiger partial charge in [0.2, 0.25) is 0 Å². The molecular formula is C29H27NO5. The highest BCUT2D eigenvalue weighted by atomic mass is 16.5. The van der Waals surface area contributed by atoms with Crippen LogP contribution in [0, 0.1) is 0 Å².